The average molecular weight is 1170 g/mol. The van der Waals surface area contributed by atoms with E-state index < -0.39 is 33.3 Å². The van der Waals surface area contributed by atoms with E-state index in [-0.39, 0.29) is 104 Å². The van der Waals surface area contributed by atoms with E-state index in [1.54, 1.807) is 7.11 Å². The highest BCUT2D eigenvalue weighted by molar-refractivity contribution is 7.99. The van der Waals surface area contributed by atoms with Crippen LogP contribution in [0.5, 0.6) is 5.75 Å². The third-order valence-electron chi connectivity index (χ3n) is 19.2. The van der Waals surface area contributed by atoms with Crippen LogP contribution in [0.2, 0.25) is 72.5 Å². The van der Waals surface area contributed by atoms with Gasteiger partial charge in [-0.25, -0.2) is 0 Å². The fourth-order valence-electron chi connectivity index (χ4n) is 9.93. The Hall–Kier alpha value is -1.04. The molecule has 1 aliphatic heterocycles. The second-order valence-corrected chi connectivity index (χ2v) is 50.6. The summed E-state index contributed by atoms with van der Waals surface area (Å²) in [6.45, 7) is 73.0. The predicted molar refractivity (Wildman–Crippen MR) is 352 cm³/mol. The van der Waals surface area contributed by atoms with Gasteiger partial charge in [-0.3, -0.25) is 0 Å². The summed E-state index contributed by atoms with van der Waals surface area (Å²) in [5.41, 5.74) is 2.56. The van der Waals surface area contributed by atoms with Crippen molar-refractivity contribution in [3.05, 3.63) is 78.4 Å². The Morgan fingerprint density at radius 2 is 1.14 bits per heavy atom. The Bertz CT molecular complexity index is 2040. The van der Waals surface area contributed by atoms with Crippen LogP contribution in [0.25, 0.3) is 0 Å². The van der Waals surface area contributed by atoms with Gasteiger partial charge in [0.15, 0.2) is 33.3 Å². The van der Waals surface area contributed by atoms with E-state index in [9.17, 15) is 0 Å². The van der Waals surface area contributed by atoms with Crippen molar-refractivity contribution < 1.29 is 31.9 Å². The number of hydrogen-bond acceptors (Lipinski definition) is 8. The van der Waals surface area contributed by atoms with Gasteiger partial charge in [0.2, 0.25) is 0 Å². The van der Waals surface area contributed by atoms with Gasteiger partial charge in [-0.05, 0) is 127 Å². The molecule has 2 rings (SSSR count). The van der Waals surface area contributed by atoms with Crippen LogP contribution in [0.1, 0.15) is 164 Å². The first-order valence-corrected chi connectivity index (χ1v) is 42.9. The molecule has 0 aromatic heterocycles. The molecule has 1 aromatic carbocycles. The summed E-state index contributed by atoms with van der Waals surface area (Å²) in [4.78, 5) is 0. The van der Waals surface area contributed by atoms with Crippen molar-refractivity contribution in [3.63, 3.8) is 0 Å². The normalized spacial score (nSPS) is 23.7. The highest BCUT2D eigenvalue weighted by Crippen LogP contribution is 2.47. The highest BCUT2D eigenvalue weighted by Gasteiger charge is 2.50. The lowest BCUT2D eigenvalue weighted by atomic mass is 9.81. The Balaban J connectivity index is 2.72. The van der Waals surface area contributed by atoms with E-state index in [1.807, 2.05) is 30.0 Å². The van der Waals surface area contributed by atoms with E-state index >= 15 is 0 Å². The molecule has 0 spiro atoms. The summed E-state index contributed by atoms with van der Waals surface area (Å²) in [5, 5.41) is 0.259. The average Bonchev–Trinajstić information content (AvgIpc) is 3.29. The predicted octanol–water partition coefficient (Wildman–Crippen LogP) is 20.1. The molecule has 452 valence electrons. The van der Waals surface area contributed by atoms with Crippen LogP contribution >= 0.6 is 11.8 Å². The number of methoxy groups -OCH3 is 1. The minimum Gasteiger partial charge on any atom is -0.497 e. The zero-order chi connectivity index (χ0) is 60.4. The number of allylic oxidation sites excluding steroid dienone is 3. The zero-order valence-electron chi connectivity index (χ0n) is 56.2. The van der Waals surface area contributed by atoms with Gasteiger partial charge in [-0.15, -0.1) is 11.8 Å². The lowest BCUT2D eigenvalue weighted by Gasteiger charge is -2.50. The minimum absolute atomic E-state index is 0.00479. The Kier molecular flexibility index (Phi) is 27.8. The monoisotopic (exact) mass is 1170 g/mol. The standard InChI is InChI=1S/C66H124O7SSi4/c1-32-34-35-47(4)59(68-45-54-37-40-55(67-23)41-38-54)52(9)60(72-77(28,29)65(17,18)19)50(7)43-46(3)42-49(6)58(71-76(26,27)64(14,15)16)48(5)36-39-56(70-75(24,25)63(11,12)13)44-57-51(8)61(53(10)62(69-57)74-33-2)73-78(30,31)66(20,21)22/h32,34-42,47-53,56-62H,1,33,43-45H2,2-31H3/b35-34-,39-36-,46-42-/t47-,48-,49-,50-,51-,52+,53+,56+,57-,58-,59-,60+,61-,62+/m1/s1. The Morgan fingerprint density at radius 3 is 1.62 bits per heavy atom. The lowest BCUT2D eigenvalue weighted by molar-refractivity contribution is -0.134. The van der Waals surface area contributed by atoms with E-state index in [0.717, 1.165) is 29.9 Å². The summed E-state index contributed by atoms with van der Waals surface area (Å²) >= 11 is 1.93. The largest absolute Gasteiger partial charge is 0.497 e. The van der Waals surface area contributed by atoms with Crippen molar-refractivity contribution in [1.82, 2.24) is 0 Å². The van der Waals surface area contributed by atoms with Crippen LogP contribution in [-0.4, -0.2) is 88.2 Å². The molecule has 0 unspecified atom stereocenters. The van der Waals surface area contributed by atoms with E-state index in [4.69, 9.17) is 31.9 Å². The second-order valence-electron chi connectivity index (χ2n) is 30.2. The van der Waals surface area contributed by atoms with Gasteiger partial charge in [0.1, 0.15) is 11.2 Å². The molecule has 1 saturated heterocycles. The van der Waals surface area contributed by atoms with Crippen molar-refractivity contribution in [2.75, 3.05) is 12.9 Å². The maximum Gasteiger partial charge on any atom is 0.192 e. The third kappa shape index (κ3) is 20.9. The van der Waals surface area contributed by atoms with Gasteiger partial charge in [0, 0.05) is 30.1 Å². The van der Waals surface area contributed by atoms with Crippen molar-refractivity contribution in [1.29, 1.82) is 0 Å². The van der Waals surface area contributed by atoms with Gasteiger partial charge in [0.05, 0.1) is 50.3 Å². The van der Waals surface area contributed by atoms with Gasteiger partial charge < -0.3 is 31.9 Å². The number of ether oxygens (including phenoxy) is 3. The summed E-state index contributed by atoms with van der Waals surface area (Å²) in [6.07, 6.45) is 15.0. The smallest absolute Gasteiger partial charge is 0.192 e. The molecule has 0 aliphatic carbocycles. The lowest BCUT2D eigenvalue weighted by Crippen LogP contribution is -2.55. The Labute approximate surface area is 491 Å². The quantitative estimate of drug-likeness (QED) is 0.0447. The topological polar surface area (TPSA) is 64.6 Å². The van der Waals surface area contributed by atoms with E-state index in [0.29, 0.717) is 6.61 Å². The first kappa shape index (κ1) is 73.1. The molecule has 0 N–H and O–H groups in total. The van der Waals surface area contributed by atoms with Crippen molar-refractivity contribution >= 4 is 45.0 Å². The van der Waals surface area contributed by atoms with Crippen LogP contribution in [-0.2, 0) is 33.8 Å². The van der Waals surface area contributed by atoms with Crippen LogP contribution in [0, 0.1) is 41.4 Å². The van der Waals surface area contributed by atoms with Gasteiger partial charge in [-0.1, -0.05) is 199 Å². The second kappa shape index (κ2) is 29.7. The summed E-state index contributed by atoms with van der Waals surface area (Å²) in [6, 6.07) is 8.22. The van der Waals surface area contributed by atoms with Crippen LogP contribution in [0.15, 0.2) is 72.9 Å². The molecule has 1 aromatic rings. The maximum absolute atomic E-state index is 7.60. The van der Waals surface area contributed by atoms with Crippen LogP contribution < -0.4 is 4.74 Å². The fourth-order valence-corrected chi connectivity index (χ4v) is 16.6. The van der Waals surface area contributed by atoms with Gasteiger partial charge >= 0.3 is 0 Å². The van der Waals surface area contributed by atoms with Crippen molar-refractivity contribution in [2.24, 2.45) is 41.4 Å². The van der Waals surface area contributed by atoms with Crippen LogP contribution in [0.3, 0.4) is 0 Å². The van der Waals surface area contributed by atoms with E-state index in [1.165, 1.54) is 5.57 Å². The molecule has 0 amide bonds. The zero-order valence-corrected chi connectivity index (χ0v) is 61.0. The molecule has 1 fully saturated rings. The van der Waals surface area contributed by atoms with Crippen LogP contribution in [0.4, 0.5) is 0 Å². The minimum atomic E-state index is -2.22. The first-order chi connectivity index (χ1) is 35.4. The number of rotatable bonds is 29. The van der Waals surface area contributed by atoms with Gasteiger partial charge in [0.25, 0.3) is 0 Å². The van der Waals surface area contributed by atoms with Crippen molar-refractivity contribution in [3.8, 4) is 5.75 Å². The molecule has 1 heterocycles. The molecule has 7 nitrogen and oxygen atoms in total. The molecular weight excluding hydrogens is 1050 g/mol. The Morgan fingerprint density at radius 1 is 0.654 bits per heavy atom. The number of hydrogen-bond donors (Lipinski definition) is 0. The molecule has 0 bridgehead atoms. The third-order valence-corrected chi connectivity index (χ3v) is 38.4. The summed E-state index contributed by atoms with van der Waals surface area (Å²) in [5.74, 6) is 3.07. The van der Waals surface area contributed by atoms with Gasteiger partial charge in [-0.2, -0.15) is 0 Å². The molecule has 0 radical (unpaired) electrons. The molecular formula is C66H124O7SSi4. The molecule has 78 heavy (non-hydrogen) atoms. The number of thioether (sulfide) groups is 1. The SMILES string of the molecule is C=C/C=C\[C@@H](C)[C@@H](OCc1ccc(OC)cc1)[C@H](C)[C@@H](O[Si](C)(C)C(C)(C)C)[C@H](C)C/C(C)=C\[C@@H](C)[C@H](O[Si](C)(C)C(C)(C)C)[C@H](C)/C=C\[C@@H](C[C@H]1O[C@@H](SCC)[C@@H](C)[C@H](O[Si](C)(C)C(C)(C)C)[C@@H]1C)O[Si](C)(C)C(C)(C)C. The molecule has 12 heteroatoms. The summed E-state index contributed by atoms with van der Waals surface area (Å²) in [7, 11) is -7.00. The molecule has 14 atom stereocenters. The number of benzene rings is 1. The highest BCUT2D eigenvalue weighted by atomic mass is 32.2. The first-order valence-electron chi connectivity index (χ1n) is 30.3. The molecule has 0 saturated carbocycles. The molecule has 1 aliphatic rings. The van der Waals surface area contributed by atoms with E-state index in [2.05, 4.69) is 247 Å². The fraction of sp³-hybridized carbons (Fsp3) is 0.788. The van der Waals surface area contributed by atoms with Crippen molar-refractivity contribution in [2.45, 2.75) is 279 Å². The summed E-state index contributed by atoms with van der Waals surface area (Å²) < 4.78 is 49.7. The maximum atomic E-state index is 7.60.